The molecule has 7 nitrogen and oxygen atoms in total. The van der Waals surface area contributed by atoms with Crippen LogP contribution >= 0.6 is 0 Å². The smallest absolute Gasteiger partial charge is 0.323 e. The van der Waals surface area contributed by atoms with E-state index in [0.717, 1.165) is 0 Å². The third-order valence-corrected chi connectivity index (χ3v) is 4.75. The number of anilines is 3. The molecule has 0 saturated carbocycles. The highest BCUT2D eigenvalue weighted by Crippen LogP contribution is 2.39. The van der Waals surface area contributed by atoms with Crippen molar-refractivity contribution in [3.63, 3.8) is 0 Å². The Morgan fingerprint density at radius 3 is 2.40 bits per heavy atom. The van der Waals surface area contributed by atoms with E-state index in [1.54, 1.807) is 54.5 Å². The second kappa shape index (κ2) is 8.16. The molecule has 0 aromatic heterocycles. The van der Waals surface area contributed by atoms with E-state index in [0.29, 0.717) is 46.4 Å². The van der Waals surface area contributed by atoms with Crippen LogP contribution in [0.4, 0.5) is 21.9 Å². The van der Waals surface area contributed by atoms with E-state index in [1.165, 1.54) is 0 Å². The summed E-state index contributed by atoms with van der Waals surface area (Å²) in [5.41, 5.74) is 2.21. The van der Waals surface area contributed by atoms with Crippen LogP contribution in [0.25, 0.3) is 0 Å². The summed E-state index contributed by atoms with van der Waals surface area (Å²) in [7, 11) is 1.58. The second-order valence-corrected chi connectivity index (χ2v) is 6.64. The summed E-state index contributed by atoms with van der Waals surface area (Å²) < 4.78 is 11.1. The molecule has 152 valence electrons. The highest BCUT2D eigenvalue weighted by molar-refractivity contribution is 6.10. The van der Waals surface area contributed by atoms with Crippen LogP contribution in [0.5, 0.6) is 17.2 Å². The van der Waals surface area contributed by atoms with Crippen LogP contribution in [0, 0.1) is 0 Å². The highest BCUT2D eigenvalue weighted by atomic mass is 16.5. The number of methoxy groups -OCH3 is 1. The summed E-state index contributed by atoms with van der Waals surface area (Å²) >= 11 is 0. The number of rotatable bonds is 4. The Kier molecular flexibility index (Phi) is 5.26. The van der Waals surface area contributed by atoms with Gasteiger partial charge in [0.25, 0.3) is 5.91 Å². The Labute approximate surface area is 174 Å². The summed E-state index contributed by atoms with van der Waals surface area (Å²) in [6, 6.07) is 19.0. The maximum Gasteiger partial charge on any atom is 0.323 e. The Bertz CT molecular complexity index is 1100. The second-order valence-electron chi connectivity index (χ2n) is 6.64. The summed E-state index contributed by atoms with van der Waals surface area (Å²) in [4.78, 5) is 27.2. The monoisotopic (exact) mass is 403 g/mol. The zero-order valence-electron chi connectivity index (χ0n) is 16.6. The fraction of sp³-hybridized carbons (Fsp3) is 0.130. The normalized spacial score (nSPS) is 12.2. The van der Waals surface area contributed by atoms with Crippen LogP contribution < -0.4 is 25.0 Å². The van der Waals surface area contributed by atoms with Crippen molar-refractivity contribution in [2.75, 3.05) is 29.2 Å². The molecule has 0 bridgehead atoms. The van der Waals surface area contributed by atoms with Gasteiger partial charge in [0, 0.05) is 17.9 Å². The predicted molar refractivity (Wildman–Crippen MR) is 116 cm³/mol. The molecule has 4 rings (SSSR count). The molecule has 3 aromatic carbocycles. The fourth-order valence-corrected chi connectivity index (χ4v) is 3.29. The minimum absolute atomic E-state index is 0.184. The largest absolute Gasteiger partial charge is 0.497 e. The van der Waals surface area contributed by atoms with E-state index >= 15 is 0 Å². The van der Waals surface area contributed by atoms with Gasteiger partial charge in [0.2, 0.25) is 0 Å². The van der Waals surface area contributed by atoms with E-state index < -0.39 is 6.03 Å². The topological polar surface area (TPSA) is 79.9 Å². The summed E-state index contributed by atoms with van der Waals surface area (Å²) in [5, 5.41) is 5.50. The van der Waals surface area contributed by atoms with Gasteiger partial charge in [-0.2, -0.15) is 0 Å². The van der Waals surface area contributed by atoms with Crippen molar-refractivity contribution < 1.29 is 19.1 Å². The summed E-state index contributed by atoms with van der Waals surface area (Å²) in [6.45, 7) is 2.40. The van der Waals surface area contributed by atoms with Gasteiger partial charge in [-0.1, -0.05) is 12.1 Å². The van der Waals surface area contributed by atoms with Gasteiger partial charge in [-0.05, 0) is 61.5 Å². The first kappa shape index (κ1) is 19.3. The first-order valence-corrected chi connectivity index (χ1v) is 9.54. The average Bonchev–Trinajstić information content (AvgIpc) is 2.88. The van der Waals surface area contributed by atoms with Crippen molar-refractivity contribution >= 4 is 29.0 Å². The van der Waals surface area contributed by atoms with Crippen LogP contribution in [-0.2, 0) is 0 Å². The summed E-state index contributed by atoms with van der Waals surface area (Å²) in [6.07, 6.45) is 0. The number of ether oxygens (including phenoxy) is 2. The fourth-order valence-electron chi connectivity index (χ4n) is 3.29. The zero-order chi connectivity index (χ0) is 21.1. The lowest BCUT2D eigenvalue weighted by atomic mass is 10.1. The molecule has 7 heteroatoms. The molecule has 0 fully saturated rings. The van der Waals surface area contributed by atoms with Crippen molar-refractivity contribution in [2.24, 2.45) is 0 Å². The van der Waals surface area contributed by atoms with Crippen molar-refractivity contribution in [1.82, 2.24) is 0 Å². The number of para-hydroxylation sites is 2. The number of amides is 3. The predicted octanol–water partition coefficient (Wildman–Crippen LogP) is 5.11. The van der Waals surface area contributed by atoms with Gasteiger partial charge in [-0.25, -0.2) is 4.79 Å². The zero-order valence-corrected chi connectivity index (χ0v) is 16.6. The number of carbonyl (C=O) groups excluding carboxylic acids is 2. The average molecular weight is 403 g/mol. The molecule has 0 saturated heterocycles. The first-order chi connectivity index (χ1) is 14.6. The van der Waals surface area contributed by atoms with Crippen molar-refractivity contribution in [3.05, 3.63) is 72.3 Å². The molecule has 1 aliphatic heterocycles. The maximum absolute atomic E-state index is 13.1. The number of urea groups is 1. The van der Waals surface area contributed by atoms with Crippen molar-refractivity contribution in [1.29, 1.82) is 0 Å². The number of benzene rings is 3. The summed E-state index contributed by atoms with van der Waals surface area (Å²) in [5.74, 6) is 1.58. The first-order valence-electron chi connectivity index (χ1n) is 9.54. The number of hydrogen-bond acceptors (Lipinski definition) is 4. The lowest BCUT2D eigenvalue weighted by molar-refractivity contribution is 0.0988. The lowest BCUT2D eigenvalue weighted by Gasteiger charge is -2.19. The van der Waals surface area contributed by atoms with E-state index in [2.05, 4.69) is 10.6 Å². The molecule has 0 spiro atoms. The quantitative estimate of drug-likeness (QED) is 0.634. The van der Waals surface area contributed by atoms with Gasteiger partial charge < -0.3 is 25.0 Å². The van der Waals surface area contributed by atoms with E-state index in [4.69, 9.17) is 9.47 Å². The van der Waals surface area contributed by atoms with Crippen LogP contribution in [-0.4, -0.2) is 25.6 Å². The molecular formula is C23H21N3O4. The maximum atomic E-state index is 13.1. The molecule has 3 aromatic rings. The molecule has 30 heavy (non-hydrogen) atoms. The SMILES string of the molecule is CCN1C(=O)c2cc(NC(=O)Nc3ccc(OC)cc3)ccc2Oc2ccccc21. The minimum Gasteiger partial charge on any atom is -0.497 e. The molecule has 1 heterocycles. The molecule has 0 aliphatic carbocycles. The Hall–Kier alpha value is -4.00. The third kappa shape index (κ3) is 3.77. The van der Waals surface area contributed by atoms with Gasteiger partial charge in [-0.3, -0.25) is 4.79 Å². The molecular weight excluding hydrogens is 382 g/mol. The molecule has 2 N–H and O–H groups in total. The van der Waals surface area contributed by atoms with Crippen LogP contribution in [0.3, 0.4) is 0 Å². The molecule has 1 aliphatic rings. The van der Waals surface area contributed by atoms with Crippen LogP contribution in [0.2, 0.25) is 0 Å². The Balaban J connectivity index is 1.55. The van der Waals surface area contributed by atoms with Gasteiger partial charge in [0.1, 0.15) is 11.5 Å². The standard InChI is InChI=1S/C23H21N3O4/c1-3-26-19-6-4-5-7-21(19)30-20-13-10-16(14-18(20)22(26)27)25-23(28)24-15-8-11-17(29-2)12-9-15/h4-14H,3H2,1-2H3,(H2,24,25,28). The van der Waals surface area contributed by atoms with Crippen molar-refractivity contribution in [3.8, 4) is 17.2 Å². The van der Waals surface area contributed by atoms with Crippen LogP contribution in [0.1, 0.15) is 17.3 Å². The van der Waals surface area contributed by atoms with Gasteiger partial charge in [0.05, 0.1) is 18.4 Å². The molecule has 0 radical (unpaired) electrons. The number of carbonyl (C=O) groups is 2. The number of fused-ring (bicyclic) bond motifs is 2. The van der Waals surface area contributed by atoms with E-state index in [1.807, 2.05) is 31.2 Å². The Morgan fingerprint density at radius 2 is 1.67 bits per heavy atom. The minimum atomic E-state index is -0.419. The Morgan fingerprint density at radius 1 is 0.967 bits per heavy atom. The third-order valence-electron chi connectivity index (χ3n) is 4.75. The molecule has 0 unspecified atom stereocenters. The van der Waals surface area contributed by atoms with Crippen molar-refractivity contribution in [2.45, 2.75) is 6.92 Å². The number of nitrogens with zero attached hydrogens (tertiary/aromatic N) is 1. The van der Waals surface area contributed by atoms with Crippen LogP contribution in [0.15, 0.2) is 66.7 Å². The number of nitrogens with one attached hydrogen (secondary N) is 2. The van der Waals surface area contributed by atoms with Gasteiger partial charge >= 0.3 is 6.03 Å². The molecule has 0 atom stereocenters. The molecule has 3 amide bonds. The number of hydrogen-bond donors (Lipinski definition) is 2. The van der Waals surface area contributed by atoms with Gasteiger partial charge in [0.15, 0.2) is 5.75 Å². The highest BCUT2D eigenvalue weighted by Gasteiger charge is 2.27. The van der Waals surface area contributed by atoms with Gasteiger partial charge in [-0.15, -0.1) is 0 Å². The van der Waals surface area contributed by atoms with E-state index in [9.17, 15) is 9.59 Å². The van der Waals surface area contributed by atoms with E-state index in [-0.39, 0.29) is 5.91 Å². The lowest BCUT2D eigenvalue weighted by Crippen LogP contribution is -2.29.